The minimum absolute atomic E-state index is 0.500. The highest BCUT2D eigenvalue weighted by Crippen LogP contribution is 2.27. The number of benzene rings is 1. The lowest BCUT2D eigenvalue weighted by molar-refractivity contribution is 0.429. The Labute approximate surface area is 114 Å². The van der Waals surface area contributed by atoms with Crippen molar-refractivity contribution in [2.75, 3.05) is 0 Å². The molecular formula is C18H30. The van der Waals surface area contributed by atoms with Gasteiger partial charge < -0.3 is 0 Å². The maximum atomic E-state index is 2.37. The van der Waals surface area contributed by atoms with Gasteiger partial charge in [-0.1, -0.05) is 65.8 Å². The maximum Gasteiger partial charge on any atom is -0.0250 e. The Balaban J connectivity index is 0.000000280. The summed E-state index contributed by atoms with van der Waals surface area (Å²) in [5.74, 6) is 1.72. The fourth-order valence-corrected chi connectivity index (χ4v) is 2.56. The van der Waals surface area contributed by atoms with Crippen molar-refractivity contribution in [1.82, 2.24) is 0 Å². The van der Waals surface area contributed by atoms with Gasteiger partial charge in [-0.05, 0) is 47.6 Å². The molecule has 0 radical (unpaired) electrons. The maximum absolute atomic E-state index is 2.37. The van der Waals surface area contributed by atoms with Crippen molar-refractivity contribution < 1.29 is 0 Å². The third-order valence-corrected chi connectivity index (χ3v) is 3.06. The molecule has 0 heterocycles. The Morgan fingerprint density at radius 1 is 0.833 bits per heavy atom. The molecule has 0 saturated carbocycles. The predicted molar refractivity (Wildman–Crippen MR) is 81.9 cm³/mol. The lowest BCUT2D eigenvalue weighted by Gasteiger charge is -2.10. The normalized spacial score (nSPS) is 23.4. The number of hydrogen-bond donors (Lipinski definition) is 0. The van der Waals surface area contributed by atoms with Crippen molar-refractivity contribution in [2.45, 2.75) is 60.8 Å². The second-order valence-corrected chi connectivity index (χ2v) is 7.62. The summed E-state index contributed by atoms with van der Waals surface area (Å²) in [4.78, 5) is 0. The first kappa shape index (κ1) is 15.3. The second kappa shape index (κ2) is 6.41. The molecular weight excluding hydrogens is 216 g/mol. The molecule has 0 aliphatic heterocycles. The molecule has 1 aromatic carbocycles. The summed E-state index contributed by atoms with van der Waals surface area (Å²) < 4.78 is 0. The number of fused-ring (bicyclic) bond motifs is 1. The molecule has 1 aliphatic carbocycles. The molecule has 2 rings (SSSR count). The summed E-state index contributed by atoms with van der Waals surface area (Å²) in [6.07, 6.45) is 3.94. The third kappa shape index (κ3) is 6.23. The van der Waals surface area contributed by atoms with Crippen LogP contribution in [0.3, 0.4) is 0 Å². The van der Waals surface area contributed by atoms with Crippen molar-refractivity contribution in [3.63, 3.8) is 0 Å². The molecule has 0 nitrogen and oxygen atoms in total. The molecule has 0 amide bonds. The van der Waals surface area contributed by atoms with Gasteiger partial charge in [-0.3, -0.25) is 0 Å². The van der Waals surface area contributed by atoms with E-state index in [1.165, 1.54) is 19.3 Å². The number of hydrogen-bond acceptors (Lipinski definition) is 0. The van der Waals surface area contributed by atoms with Crippen LogP contribution < -0.4 is 0 Å². The minimum Gasteiger partial charge on any atom is -0.0622 e. The third-order valence-electron chi connectivity index (χ3n) is 3.06. The lowest BCUT2D eigenvalue weighted by Crippen LogP contribution is -2.02. The second-order valence-electron chi connectivity index (χ2n) is 7.62. The van der Waals surface area contributed by atoms with Gasteiger partial charge in [0.1, 0.15) is 0 Å². The van der Waals surface area contributed by atoms with E-state index in [0.29, 0.717) is 5.41 Å². The summed E-state index contributed by atoms with van der Waals surface area (Å²) in [6, 6.07) is 8.93. The summed E-state index contributed by atoms with van der Waals surface area (Å²) in [7, 11) is 0. The monoisotopic (exact) mass is 246 g/mol. The van der Waals surface area contributed by atoms with Crippen LogP contribution in [0.15, 0.2) is 24.3 Å². The average molecular weight is 246 g/mol. The van der Waals surface area contributed by atoms with E-state index in [1.807, 2.05) is 0 Å². The Kier molecular flexibility index (Phi) is 5.44. The van der Waals surface area contributed by atoms with E-state index < -0.39 is 0 Å². The van der Waals surface area contributed by atoms with Gasteiger partial charge in [0.05, 0.1) is 0 Å². The van der Waals surface area contributed by atoms with Crippen LogP contribution in [-0.2, 0) is 12.8 Å². The van der Waals surface area contributed by atoms with E-state index in [0.717, 1.165) is 11.8 Å². The zero-order valence-electron chi connectivity index (χ0n) is 13.1. The molecule has 1 aromatic rings. The average Bonchev–Trinajstić information content (AvgIpc) is 2.31. The van der Waals surface area contributed by atoms with Crippen molar-refractivity contribution in [1.29, 1.82) is 0 Å². The van der Waals surface area contributed by atoms with E-state index in [-0.39, 0.29) is 0 Å². The smallest absolute Gasteiger partial charge is 0.0250 e. The fourth-order valence-electron chi connectivity index (χ4n) is 2.56. The van der Waals surface area contributed by atoms with Crippen LogP contribution in [0.4, 0.5) is 0 Å². The Morgan fingerprint density at radius 2 is 1.17 bits per heavy atom. The molecule has 0 aromatic heterocycles. The highest BCUT2D eigenvalue weighted by molar-refractivity contribution is 5.28. The van der Waals surface area contributed by atoms with Crippen LogP contribution in [0.25, 0.3) is 0 Å². The van der Waals surface area contributed by atoms with E-state index in [2.05, 4.69) is 65.8 Å². The summed E-state index contributed by atoms with van der Waals surface area (Å²) in [6.45, 7) is 13.5. The quantitative estimate of drug-likeness (QED) is 0.530. The lowest BCUT2D eigenvalue weighted by atomic mass is 9.95. The fraction of sp³-hybridized carbons (Fsp3) is 0.667. The Bertz CT molecular complexity index is 322. The van der Waals surface area contributed by atoms with Gasteiger partial charge in [-0.15, -0.1) is 0 Å². The van der Waals surface area contributed by atoms with Gasteiger partial charge in [0.25, 0.3) is 0 Å². The predicted octanol–water partition coefficient (Wildman–Crippen LogP) is 5.50. The van der Waals surface area contributed by atoms with Crippen molar-refractivity contribution in [2.24, 2.45) is 17.3 Å². The van der Waals surface area contributed by atoms with Crippen molar-refractivity contribution >= 4 is 0 Å². The molecule has 0 saturated heterocycles. The zero-order valence-corrected chi connectivity index (χ0v) is 13.1. The molecule has 0 bridgehead atoms. The largest absolute Gasteiger partial charge is 0.0622 e. The highest BCUT2D eigenvalue weighted by Gasteiger charge is 2.17. The van der Waals surface area contributed by atoms with E-state index in [4.69, 9.17) is 0 Å². The molecule has 0 spiro atoms. The molecule has 1 aliphatic rings. The molecule has 0 fully saturated rings. The topological polar surface area (TPSA) is 0 Å². The zero-order chi connectivity index (χ0) is 13.8. The van der Waals surface area contributed by atoms with Gasteiger partial charge in [-0.2, -0.15) is 0 Å². The van der Waals surface area contributed by atoms with E-state index >= 15 is 0 Å². The van der Waals surface area contributed by atoms with Gasteiger partial charge >= 0.3 is 0 Å². The Hall–Kier alpha value is -0.780. The Morgan fingerprint density at radius 3 is 1.50 bits per heavy atom. The van der Waals surface area contributed by atoms with E-state index in [9.17, 15) is 0 Å². The van der Waals surface area contributed by atoms with Crippen LogP contribution in [0, 0.1) is 17.3 Å². The highest BCUT2D eigenvalue weighted by atomic mass is 14.2. The number of rotatable bonds is 0. The minimum atomic E-state index is 0.500. The summed E-state index contributed by atoms with van der Waals surface area (Å²) in [5.41, 5.74) is 3.67. The van der Waals surface area contributed by atoms with Crippen LogP contribution in [0.5, 0.6) is 0 Å². The van der Waals surface area contributed by atoms with Gasteiger partial charge in [-0.25, -0.2) is 0 Å². The molecule has 0 heteroatoms. The summed E-state index contributed by atoms with van der Waals surface area (Å²) in [5, 5.41) is 0. The molecule has 2 atom stereocenters. The van der Waals surface area contributed by atoms with Crippen molar-refractivity contribution in [3.05, 3.63) is 35.4 Å². The van der Waals surface area contributed by atoms with Crippen LogP contribution in [0.1, 0.15) is 59.1 Å². The van der Waals surface area contributed by atoms with Gasteiger partial charge in [0.2, 0.25) is 0 Å². The van der Waals surface area contributed by atoms with Gasteiger partial charge in [0.15, 0.2) is 0 Å². The standard InChI is InChI=1S/C13H18.C5H12/c1-10-7-11(2)9-13-6-4-3-5-12(13)8-10;1-5(2,3)4/h3-6,10-11H,7-9H2,1-2H3;1-4H3. The van der Waals surface area contributed by atoms with Crippen LogP contribution in [0.2, 0.25) is 0 Å². The molecule has 18 heavy (non-hydrogen) atoms. The first-order valence-corrected chi connectivity index (χ1v) is 7.32. The first-order valence-electron chi connectivity index (χ1n) is 7.32. The van der Waals surface area contributed by atoms with Gasteiger partial charge in [0, 0.05) is 0 Å². The van der Waals surface area contributed by atoms with Crippen molar-refractivity contribution in [3.8, 4) is 0 Å². The molecule has 2 unspecified atom stereocenters. The molecule has 102 valence electrons. The van der Waals surface area contributed by atoms with Crippen LogP contribution >= 0.6 is 0 Å². The molecule has 0 N–H and O–H groups in total. The van der Waals surface area contributed by atoms with Crippen LogP contribution in [-0.4, -0.2) is 0 Å². The van der Waals surface area contributed by atoms with E-state index in [1.54, 1.807) is 11.1 Å². The first-order chi connectivity index (χ1) is 8.25. The SMILES string of the molecule is CC(C)(C)C.CC1Cc2ccccc2CC(C)C1. The summed E-state index contributed by atoms with van der Waals surface area (Å²) >= 11 is 0.